The van der Waals surface area contributed by atoms with E-state index < -0.39 is 6.04 Å². The summed E-state index contributed by atoms with van der Waals surface area (Å²) in [6.07, 6.45) is 13.7. The van der Waals surface area contributed by atoms with Crippen LogP contribution in [0.2, 0.25) is 0 Å². The summed E-state index contributed by atoms with van der Waals surface area (Å²) in [7, 11) is 0. The average Bonchev–Trinajstić information content (AvgIpc) is 2.94. The molecule has 3 atom stereocenters. The first kappa shape index (κ1) is 20.3. The van der Waals surface area contributed by atoms with Crippen molar-refractivity contribution in [2.45, 2.75) is 77.7 Å². The van der Waals surface area contributed by atoms with Gasteiger partial charge in [-0.15, -0.1) is 0 Å². The quantitative estimate of drug-likeness (QED) is 0.534. The van der Waals surface area contributed by atoms with Crippen molar-refractivity contribution in [1.82, 2.24) is 10.2 Å². The number of nitrogens with one attached hydrogen (secondary N) is 1. The van der Waals surface area contributed by atoms with Crippen LogP contribution >= 0.6 is 0 Å². The van der Waals surface area contributed by atoms with Crippen LogP contribution in [0.5, 0.6) is 0 Å². The van der Waals surface area contributed by atoms with E-state index in [-0.39, 0.29) is 40.9 Å². The first-order valence-corrected chi connectivity index (χ1v) is 12.1. The molecule has 0 spiro atoms. The molecule has 3 amide bonds. The number of hydrogen-bond acceptors (Lipinski definition) is 3. The lowest BCUT2D eigenvalue weighted by molar-refractivity contribution is -0.149. The summed E-state index contributed by atoms with van der Waals surface area (Å²) in [6, 6.07) is -0.662. The lowest BCUT2D eigenvalue weighted by atomic mass is 9.49. The van der Waals surface area contributed by atoms with E-state index in [2.05, 4.69) is 19.2 Å². The van der Waals surface area contributed by atoms with E-state index in [4.69, 9.17) is 0 Å². The van der Waals surface area contributed by atoms with Crippen LogP contribution in [0.25, 0.3) is 0 Å². The van der Waals surface area contributed by atoms with E-state index in [0.717, 1.165) is 17.8 Å². The number of likely N-dealkylation sites (tertiary alicyclic amines) is 1. The highest BCUT2D eigenvalue weighted by Crippen LogP contribution is 2.59. The number of rotatable bonds is 6. The molecule has 5 fully saturated rings. The Morgan fingerprint density at radius 3 is 1.97 bits per heavy atom. The van der Waals surface area contributed by atoms with Gasteiger partial charge in [-0.25, -0.2) is 0 Å². The number of fused-ring (bicyclic) bond motifs is 1. The third-order valence-corrected chi connectivity index (χ3v) is 8.65. The lowest BCUT2D eigenvalue weighted by Gasteiger charge is -2.57. The van der Waals surface area contributed by atoms with Gasteiger partial charge in [-0.1, -0.05) is 26.0 Å². The van der Waals surface area contributed by atoms with Crippen molar-refractivity contribution in [3.05, 3.63) is 12.2 Å². The second kappa shape index (κ2) is 7.49. The van der Waals surface area contributed by atoms with Crippen LogP contribution in [0, 0.1) is 40.9 Å². The highest BCUT2D eigenvalue weighted by atomic mass is 16.2. The van der Waals surface area contributed by atoms with Gasteiger partial charge in [0.2, 0.25) is 17.7 Å². The molecule has 1 N–H and O–H groups in total. The van der Waals surface area contributed by atoms with Gasteiger partial charge in [-0.2, -0.15) is 0 Å². The number of imide groups is 1. The molecule has 4 bridgehead atoms. The van der Waals surface area contributed by atoms with Crippen molar-refractivity contribution in [2.75, 3.05) is 6.54 Å². The Hall–Kier alpha value is -1.65. The van der Waals surface area contributed by atoms with Gasteiger partial charge in [-0.05, 0) is 86.9 Å². The Kier molecular flexibility index (Phi) is 5.06. The Labute approximate surface area is 180 Å². The van der Waals surface area contributed by atoms with E-state index in [0.29, 0.717) is 25.8 Å². The zero-order valence-corrected chi connectivity index (χ0v) is 18.4. The molecular weight excluding hydrogens is 376 g/mol. The molecule has 1 heterocycles. The first-order chi connectivity index (χ1) is 14.3. The molecule has 6 rings (SSSR count). The van der Waals surface area contributed by atoms with Gasteiger partial charge in [0.25, 0.3) is 0 Å². The normalized spacial score (nSPS) is 40.2. The van der Waals surface area contributed by atoms with Crippen molar-refractivity contribution in [2.24, 2.45) is 40.9 Å². The van der Waals surface area contributed by atoms with Gasteiger partial charge < -0.3 is 5.32 Å². The number of allylic oxidation sites excluding steroid dienone is 2. The number of carbonyl (C=O) groups is 3. The van der Waals surface area contributed by atoms with Gasteiger partial charge in [0.1, 0.15) is 6.04 Å². The third-order valence-electron chi connectivity index (χ3n) is 8.65. The fourth-order valence-electron chi connectivity index (χ4n) is 7.81. The van der Waals surface area contributed by atoms with Crippen LogP contribution in [0.4, 0.5) is 0 Å². The van der Waals surface area contributed by atoms with E-state index in [1.807, 2.05) is 12.2 Å². The molecule has 1 aliphatic heterocycles. The fourth-order valence-corrected chi connectivity index (χ4v) is 7.81. The molecule has 3 unspecified atom stereocenters. The zero-order valence-electron chi connectivity index (χ0n) is 18.4. The van der Waals surface area contributed by atoms with Crippen molar-refractivity contribution in [3.8, 4) is 0 Å². The fraction of sp³-hybridized carbons (Fsp3) is 0.800. The molecule has 5 heteroatoms. The maximum atomic E-state index is 13.4. The van der Waals surface area contributed by atoms with Crippen molar-refractivity contribution < 1.29 is 14.4 Å². The summed E-state index contributed by atoms with van der Waals surface area (Å²) >= 11 is 0. The van der Waals surface area contributed by atoms with Crippen LogP contribution in [-0.2, 0) is 14.4 Å². The molecule has 164 valence electrons. The maximum absolute atomic E-state index is 13.4. The van der Waals surface area contributed by atoms with E-state index in [1.54, 1.807) is 0 Å². The zero-order chi connectivity index (χ0) is 21.0. The Balaban J connectivity index is 1.30. The predicted octanol–water partition coefficient (Wildman–Crippen LogP) is 3.68. The van der Waals surface area contributed by atoms with Gasteiger partial charge in [0, 0.05) is 6.54 Å². The van der Waals surface area contributed by atoms with Crippen LogP contribution in [0.1, 0.15) is 71.6 Å². The van der Waals surface area contributed by atoms with Crippen LogP contribution in [0.15, 0.2) is 12.2 Å². The Morgan fingerprint density at radius 1 is 1.00 bits per heavy atom. The molecule has 6 aliphatic rings. The second-order valence-corrected chi connectivity index (χ2v) is 11.5. The molecule has 4 saturated carbocycles. The second-order valence-electron chi connectivity index (χ2n) is 11.5. The standard InChI is InChI=1S/C25H36N2O3/c1-15(2)7-21(27-23(29)19-5-3-4-6-20(19)24(27)30)22(28)26-14-25-11-16-8-17(12-25)10-18(9-16)13-25/h3-4,15-21H,5-14H2,1-2H3,(H,26,28). The minimum absolute atomic E-state index is 0.118. The summed E-state index contributed by atoms with van der Waals surface area (Å²) in [5.74, 6) is 1.84. The summed E-state index contributed by atoms with van der Waals surface area (Å²) in [6.45, 7) is 4.83. The SMILES string of the molecule is CC(C)CC(C(=O)NCC12CC3CC(CC(C3)C1)C2)N1C(=O)C2CC=CCC2C1=O. The van der Waals surface area contributed by atoms with Crippen molar-refractivity contribution in [3.63, 3.8) is 0 Å². The molecule has 1 saturated heterocycles. The molecule has 30 heavy (non-hydrogen) atoms. The number of carbonyl (C=O) groups excluding carboxylic acids is 3. The Bertz CT molecular complexity index is 709. The summed E-state index contributed by atoms with van der Waals surface area (Å²) < 4.78 is 0. The van der Waals surface area contributed by atoms with E-state index >= 15 is 0 Å². The molecule has 5 nitrogen and oxygen atoms in total. The van der Waals surface area contributed by atoms with Gasteiger partial charge in [-0.3, -0.25) is 19.3 Å². The topological polar surface area (TPSA) is 66.5 Å². The largest absolute Gasteiger partial charge is 0.354 e. The number of amides is 3. The highest BCUT2D eigenvalue weighted by Gasteiger charge is 2.53. The molecule has 0 aromatic rings. The van der Waals surface area contributed by atoms with Crippen molar-refractivity contribution >= 4 is 17.7 Å². The minimum Gasteiger partial charge on any atom is -0.354 e. The Morgan fingerprint density at radius 2 is 1.50 bits per heavy atom. The number of nitrogens with zero attached hydrogens (tertiary/aromatic N) is 1. The third kappa shape index (κ3) is 3.42. The van der Waals surface area contributed by atoms with Gasteiger partial charge in [0.05, 0.1) is 11.8 Å². The summed E-state index contributed by atoms with van der Waals surface area (Å²) in [5.41, 5.74) is 0.254. The molecule has 5 aliphatic carbocycles. The molecule has 0 aromatic carbocycles. The molecule has 0 aromatic heterocycles. The number of hydrogen-bond donors (Lipinski definition) is 1. The van der Waals surface area contributed by atoms with Gasteiger partial charge >= 0.3 is 0 Å². The van der Waals surface area contributed by atoms with Crippen LogP contribution in [0.3, 0.4) is 0 Å². The summed E-state index contributed by atoms with van der Waals surface area (Å²) in [4.78, 5) is 40.9. The van der Waals surface area contributed by atoms with Crippen LogP contribution in [-0.4, -0.2) is 35.2 Å². The molecular formula is C25H36N2O3. The van der Waals surface area contributed by atoms with Crippen molar-refractivity contribution in [1.29, 1.82) is 0 Å². The van der Waals surface area contributed by atoms with Gasteiger partial charge in [0.15, 0.2) is 0 Å². The maximum Gasteiger partial charge on any atom is 0.243 e. The highest BCUT2D eigenvalue weighted by molar-refractivity contribution is 6.08. The minimum atomic E-state index is -0.662. The molecule has 0 radical (unpaired) electrons. The lowest BCUT2D eigenvalue weighted by Crippen LogP contribution is -2.55. The van der Waals surface area contributed by atoms with E-state index in [9.17, 15) is 14.4 Å². The van der Waals surface area contributed by atoms with Crippen LogP contribution < -0.4 is 5.32 Å². The first-order valence-electron chi connectivity index (χ1n) is 12.1. The van der Waals surface area contributed by atoms with E-state index in [1.165, 1.54) is 43.4 Å². The summed E-state index contributed by atoms with van der Waals surface area (Å²) in [5, 5.41) is 3.24. The predicted molar refractivity (Wildman–Crippen MR) is 114 cm³/mol. The smallest absolute Gasteiger partial charge is 0.243 e. The monoisotopic (exact) mass is 412 g/mol. The average molecular weight is 413 g/mol.